The first-order valence-electron chi connectivity index (χ1n) is 5.64. The van der Waals surface area contributed by atoms with Gasteiger partial charge in [0.05, 0.1) is 0 Å². The lowest BCUT2D eigenvalue weighted by atomic mass is 9.84. The van der Waals surface area contributed by atoms with Crippen molar-refractivity contribution in [2.24, 2.45) is 11.8 Å². The molecule has 16 heavy (non-hydrogen) atoms. The summed E-state index contributed by atoms with van der Waals surface area (Å²) in [7, 11) is 0. The molecule has 96 valence electrons. The Morgan fingerprint density at radius 1 is 0.812 bits per heavy atom. The Balaban J connectivity index is 0. The van der Waals surface area contributed by atoms with E-state index in [2.05, 4.69) is 13.8 Å². The second-order valence-corrected chi connectivity index (χ2v) is 4.40. The molecule has 0 atom stereocenters. The maximum atomic E-state index is 9.00. The molecule has 0 aliphatic heterocycles. The van der Waals surface area contributed by atoms with Crippen LogP contribution in [-0.4, -0.2) is 22.2 Å². The summed E-state index contributed by atoms with van der Waals surface area (Å²) in [6, 6.07) is 0. The van der Waals surface area contributed by atoms with E-state index in [0.29, 0.717) is 0 Å². The number of carbonyl (C=O) groups is 2. The molecule has 0 spiro atoms. The van der Waals surface area contributed by atoms with Crippen LogP contribution >= 0.6 is 0 Å². The first-order chi connectivity index (χ1) is 7.25. The van der Waals surface area contributed by atoms with E-state index in [1.54, 1.807) is 0 Å². The third-order valence-electron chi connectivity index (χ3n) is 2.30. The molecule has 0 bridgehead atoms. The Hall–Kier alpha value is -1.06. The molecule has 0 amide bonds. The molecule has 0 saturated heterocycles. The van der Waals surface area contributed by atoms with Gasteiger partial charge in [-0.1, -0.05) is 39.5 Å². The van der Waals surface area contributed by atoms with Gasteiger partial charge in [-0.3, -0.25) is 9.59 Å². The number of hydrogen-bond donors (Lipinski definition) is 2. The van der Waals surface area contributed by atoms with Gasteiger partial charge in [0.25, 0.3) is 11.9 Å². The molecule has 0 unspecified atom stereocenters. The van der Waals surface area contributed by atoms with Gasteiger partial charge in [-0.15, -0.1) is 0 Å². The van der Waals surface area contributed by atoms with Gasteiger partial charge >= 0.3 is 0 Å². The predicted molar refractivity (Wildman–Crippen MR) is 63.4 cm³/mol. The van der Waals surface area contributed by atoms with Crippen LogP contribution in [0.4, 0.5) is 0 Å². The fourth-order valence-corrected chi connectivity index (χ4v) is 1.43. The van der Waals surface area contributed by atoms with Crippen molar-refractivity contribution in [3.63, 3.8) is 0 Å². The molecule has 4 heteroatoms. The monoisotopic (exact) mass is 232 g/mol. The molecule has 0 aromatic rings. The Morgan fingerprint density at radius 2 is 0.938 bits per heavy atom. The maximum Gasteiger partial charge on any atom is 0.300 e. The summed E-state index contributed by atoms with van der Waals surface area (Å²) in [5, 5.41) is 14.8. The fourth-order valence-electron chi connectivity index (χ4n) is 1.43. The van der Waals surface area contributed by atoms with E-state index in [-0.39, 0.29) is 0 Å². The minimum absolute atomic E-state index is 0.833. The minimum Gasteiger partial charge on any atom is -0.481 e. The number of carboxylic acid groups (broad SMARTS) is 2. The Labute approximate surface area is 97.7 Å². The van der Waals surface area contributed by atoms with Crippen LogP contribution < -0.4 is 0 Å². The van der Waals surface area contributed by atoms with Crippen LogP contribution in [0.1, 0.15) is 53.4 Å². The molecular formula is C12H24O4. The van der Waals surface area contributed by atoms with Crippen LogP contribution in [0.3, 0.4) is 0 Å². The number of hydrogen-bond acceptors (Lipinski definition) is 2. The standard InChI is InChI=1S/C8H16.2C2H4O2/c1-7-3-5-8(2)6-4-7;2*1-2(3)4/h7-8H,3-6H2,1-2H3;2*1H3,(H,3,4). The molecule has 2 N–H and O–H groups in total. The van der Waals surface area contributed by atoms with Gasteiger partial charge in [-0.2, -0.15) is 0 Å². The zero-order valence-electron chi connectivity index (χ0n) is 10.7. The molecule has 0 heterocycles. The smallest absolute Gasteiger partial charge is 0.300 e. The van der Waals surface area contributed by atoms with Crippen LogP contribution in [0, 0.1) is 11.8 Å². The fraction of sp³-hybridized carbons (Fsp3) is 0.833. The predicted octanol–water partition coefficient (Wildman–Crippen LogP) is 3.01. The molecule has 1 saturated carbocycles. The Kier molecular flexibility index (Phi) is 11.3. The average molecular weight is 232 g/mol. The molecular weight excluding hydrogens is 208 g/mol. The largest absolute Gasteiger partial charge is 0.481 e. The highest BCUT2D eigenvalue weighted by Crippen LogP contribution is 2.27. The second kappa shape index (κ2) is 10.5. The topological polar surface area (TPSA) is 74.6 Å². The first-order valence-corrected chi connectivity index (χ1v) is 5.64. The normalized spacial score (nSPS) is 23.0. The van der Waals surface area contributed by atoms with E-state index in [1.165, 1.54) is 25.7 Å². The number of carboxylic acids is 2. The van der Waals surface area contributed by atoms with E-state index >= 15 is 0 Å². The van der Waals surface area contributed by atoms with Crippen LogP contribution in [0.5, 0.6) is 0 Å². The highest BCUT2D eigenvalue weighted by Gasteiger charge is 2.13. The van der Waals surface area contributed by atoms with Crippen molar-refractivity contribution in [1.82, 2.24) is 0 Å². The van der Waals surface area contributed by atoms with Gasteiger partial charge in [-0.25, -0.2) is 0 Å². The van der Waals surface area contributed by atoms with Crippen molar-refractivity contribution in [1.29, 1.82) is 0 Å². The summed E-state index contributed by atoms with van der Waals surface area (Å²) >= 11 is 0. The maximum absolute atomic E-state index is 9.00. The molecule has 4 nitrogen and oxygen atoms in total. The van der Waals surface area contributed by atoms with E-state index in [9.17, 15) is 0 Å². The zero-order chi connectivity index (χ0) is 13.1. The summed E-state index contributed by atoms with van der Waals surface area (Å²) in [4.78, 5) is 18.0. The van der Waals surface area contributed by atoms with Gasteiger partial charge in [-0.05, 0) is 11.8 Å². The van der Waals surface area contributed by atoms with E-state index < -0.39 is 11.9 Å². The zero-order valence-corrected chi connectivity index (χ0v) is 10.7. The minimum atomic E-state index is -0.833. The van der Waals surface area contributed by atoms with Crippen molar-refractivity contribution in [3.05, 3.63) is 0 Å². The van der Waals surface area contributed by atoms with Crippen molar-refractivity contribution in [3.8, 4) is 0 Å². The third kappa shape index (κ3) is 23.1. The number of aliphatic carboxylic acids is 2. The van der Waals surface area contributed by atoms with E-state index in [0.717, 1.165) is 25.7 Å². The van der Waals surface area contributed by atoms with Crippen LogP contribution in [0.25, 0.3) is 0 Å². The lowest BCUT2D eigenvalue weighted by Gasteiger charge is -2.22. The van der Waals surface area contributed by atoms with Crippen LogP contribution in [-0.2, 0) is 9.59 Å². The second-order valence-electron chi connectivity index (χ2n) is 4.40. The summed E-state index contributed by atoms with van der Waals surface area (Å²) in [5.41, 5.74) is 0. The van der Waals surface area contributed by atoms with Gasteiger partial charge in [0.1, 0.15) is 0 Å². The van der Waals surface area contributed by atoms with Gasteiger partial charge in [0, 0.05) is 13.8 Å². The summed E-state index contributed by atoms with van der Waals surface area (Å²) in [5.74, 6) is 0.373. The SMILES string of the molecule is CC(=O)O.CC(=O)O.CC1CCC(C)CC1. The Bertz CT molecular complexity index is 163. The lowest BCUT2D eigenvalue weighted by Crippen LogP contribution is -2.08. The van der Waals surface area contributed by atoms with E-state index in [4.69, 9.17) is 19.8 Å². The molecule has 1 aliphatic carbocycles. The summed E-state index contributed by atoms with van der Waals surface area (Å²) < 4.78 is 0. The summed E-state index contributed by atoms with van der Waals surface area (Å²) in [6.07, 6.45) is 5.89. The van der Waals surface area contributed by atoms with Crippen molar-refractivity contribution < 1.29 is 19.8 Å². The molecule has 0 aromatic carbocycles. The van der Waals surface area contributed by atoms with Crippen LogP contribution in [0.2, 0.25) is 0 Å². The highest BCUT2D eigenvalue weighted by atomic mass is 16.4. The van der Waals surface area contributed by atoms with Crippen molar-refractivity contribution >= 4 is 11.9 Å². The lowest BCUT2D eigenvalue weighted by molar-refractivity contribution is -0.135. The van der Waals surface area contributed by atoms with Crippen LogP contribution in [0.15, 0.2) is 0 Å². The number of rotatable bonds is 0. The van der Waals surface area contributed by atoms with Gasteiger partial charge in [0.15, 0.2) is 0 Å². The highest BCUT2D eigenvalue weighted by molar-refractivity contribution is 5.63. The molecule has 1 fully saturated rings. The van der Waals surface area contributed by atoms with Crippen molar-refractivity contribution in [2.45, 2.75) is 53.4 Å². The average Bonchev–Trinajstić information content (AvgIpc) is 2.08. The molecule has 1 rings (SSSR count). The van der Waals surface area contributed by atoms with Crippen molar-refractivity contribution in [2.75, 3.05) is 0 Å². The van der Waals surface area contributed by atoms with Gasteiger partial charge in [0.2, 0.25) is 0 Å². The molecule has 0 aromatic heterocycles. The van der Waals surface area contributed by atoms with Gasteiger partial charge < -0.3 is 10.2 Å². The molecule has 1 aliphatic rings. The summed E-state index contributed by atoms with van der Waals surface area (Å²) in [6.45, 7) is 6.90. The quantitative estimate of drug-likeness (QED) is 0.673. The Morgan fingerprint density at radius 3 is 1.06 bits per heavy atom. The van der Waals surface area contributed by atoms with E-state index in [1.807, 2.05) is 0 Å². The first kappa shape index (κ1) is 17.3. The third-order valence-corrected chi connectivity index (χ3v) is 2.30. The molecule has 0 radical (unpaired) electrons.